The number of nitrogens with zero attached hydrogens (tertiary/aromatic N) is 2. The Hall–Kier alpha value is -1.91. The van der Waals surface area contributed by atoms with Crippen molar-refractivity contribution in [1.29, 1.82) is 0 Å². The van der Waals surface area contributed by atoms with Crippen LogP contribution in [-0.2, 0) is 11.3 Å². The van der Waals surface area contributed by atoms with Gasteiger partial charge in [0.05, 0.1) is 0 Å². The number of carbonyl (C=O) groups excluding carboxylic acids is 1. The second-order valence-electron chi connectivity index (χ2n) is 6.15. The molecule has 0 atom stereocenters. The highest BCUT2D eigenvalue weighted by atomic mass is 35.5. The van der Waals surface area contributed by atoms with Crippen LogP contribution in [0.4, 0.5) is 0 Å². The van der Waals surface area contributed by atoms with Gasteiger partial charge < -0.3 is 9.88 Å². The van der Waals surface area contributed by atoms with E-state index in [1.165, 1.54) is 11.1 Å². The molecule has 1 N–H and O–H groups in total. The lowest BCUT2D eigenvalue weighted by atomic mass is 9.98. The molecule has 2 aromatic rings. The molecule has 3 rings (SSSR count). The van der Waals surface area contributed by atoms with Gasteiger partial charge in [-0.3, -0.25) is 4.79 Å². The molecule has 0 spiro atoms. The Morgan fingerprint density at radius 1 is 1.17 bits per heavy atom. The van der Waals surface area contributed by atoms with Gasteiger partial charge in [0.2, 0.25) is 0 Å². The predicted molar refractivity (Wildman–Crippen MR) is 98.1 cm³/mol. The zero-order chi connectivity index (χ0) is 16.1. The molecule has 1 saturated heterocycles. The number of carbonyl (C=O) groups is 1. The first-order chi connectivity index (χ1) is 11.2. The number of aromatic nitrogens is 1. The van der Waals surface area contributed by atoms with Crippen molar-refractivity contribution in [1.82, 2.24) is 9.88 Å². The number of aryl methyl sites for hydroxylation is 1. The van der Waals surface area contributed by atoms with Crippen LogP contribution in [0, 0.1) is 12.8 Å². The fraction of sp³-hybridized carbons (Fsp3) is 0.368. The molecule has 2 heterocycles. The maximum Gasteiger partial charge on any atom is 0.250 e. The van der Waals surface area contributed by atoms with Crippen LogP contribution in [-0.4, -0.2) is 23.6 Å². The van der Waals surface area contributed by atoms with Crippen LogP contribution < -0.4 is 10.8 Å². The minimum Gasteiger partial charge on any atom is -0.328 e. The van der Waals surface area contributed by atoms with Crippen molar-refractivity contribution in [2.75, 3.05) is 13.1 Å². The third-order valence-electron chi connectivity index (χ3n) is 4.30. The van der Waals surface area contributed by atoms with Crippen LogP contribution in [0.5, 0.6) is 0 Å². The summed E-state index contributed by atoms with van der Waals surface area (Å²) in [7, 11) is 0. The molecule has 0 saturated carbocycles. The molecule has 1 aliphatic rings. The second-order valence-corrected chi connectivity index (χ2v) is 6.15. The van der Waals surface area contributed by atoms with Crippen molar-refractivity contribution in [2.24, 2.45) is 10.9 Å². The first-order valence-corrected chi connectivity index (χ1v) is 8.23. The quantitative estimate of drug-likeness (QED) is 0.929. The maximum atomic E-state index is 12.4. The molecule has 0 unspecified atom stereocenters. The maximum absolute atomic E-state index is 12.4. The summed E-state index contributed by atoms with van der Waals surface area (Å²) in [6.45, 7) is 4.62. The summed E-state index contributed by atoms with van der Waals surface area (Å²) in [4.78, 5) is 16.8. The summed E-state index contributed by atoms with van der Waals surface area (Å²) in [5.74, 6) is 0.0691. The summed E-state index contributed by atoms with van der Waals surface area (Å²) >= 11 is 0. The average molecular weight is 346 g/mol. The van der Waals surface area contributed by atoms with Gasteiger partial charge in [0, 0.05) is 18.7 Å². The highest BCUT2D eigenvalue weighted by Crippen LogP contribution is 2.12. The van der Waals surface area contributed by atoms with Crippen LogP contribution in [0.3, 0.4) is 0 Å². The third-order valence-corrected chi connectivity index (χ3v) is 4.30. The molecule has 1 amide bonds. The van der Waals surface area contributed by atoms with Gasteiger partial charge in [0.1, 0.15) is 5.49 Å². The molecule has 0 aliphatic carbocycles. The number of halogens is 1. The van der Waals surface area contributed by atoms with Gasteiger partial charge in [0.15, 0.2) is 0 Å². The molecule has 0 radical (unpaired) electrons. The summed E-state index contributed by atoms with van der Waals surface area (Å²) < 4.78 is 2.03. The number of pyridine rings is 1. The van der Waals surface area contributed by atoms with E-state index in [1.54, 1.807) is 0 Å². The smallest absolute Gasteiger partial charge is 0.250 e. The molecule has 1 aromatic carbocycles. The van der Waals surface area contributed by atoms with Gasteiger partial charge in [-0.05, 0) is 50.6 Å². The molecular weight excluding hydrogens is 322 g/mol. The van der Waals surface area contributed by atoms with Gasteiger partial charge in [0.25, 0.3) is 5.91 Å². The van der Waals surface area contributed by atoms with Gasteiger partial charge in [-0.2, -0.15) is 4.99 Å². The van der Waals surface area contributed by atoms with Crippen molar-refractivity contribution < 1.29 is 4.79 Å². The van der Waals surface area contributed by atoms with E-state index in [1.807, 2.05) is 29.0 Å². The molecular formula is C19H24ClN3O. The summed E-state index contributed by atoms with van der Waals surface area (Å²) in [6, 6.07) is 14.3. The molecule has 0 bridgehead atoms. The van der Waals surface area contributed by atoms with E-state index in [2.05, 4.69) is 41.5 Å². The van der Waals surface area contributed by atoms with Crippen LogP contribution in [0.1, 0.15) is 24.0 Å². The second kappa shape index (κ2) is 8.81. The van der Waals surface area contributed by atoms with Crippen LogP contribution >= 0.6 is 12.4 Å². The fourth-order valence-corrected chi connectivity index (χ4v) is 2.87. The normalized spacial score (nSPS) is 15.8. The third kappa shape index (κ3) is 4.79. The first-order valence-electron chi connectivity index (χ1n) is 8.23. The lowest BCUT2D eigenvalue weighted by Crippen LogP contribution is -2.32. The summed E-state index contributed by atoms with van der Waals surface area (Å²) in [5.41, 5.74) is 3.19. The molecule has 24 heavy (non-hydrogen) atoms. The minimum atomic E-state index is 0. The van der Waals surface area contributed by atoms with Crippen molar-refractivity contribution in [2.45, 2.75) is 26.3 Å². The zero-order valence-corrected chi connectivity index (χ0v) is 14.8. The number of hydrogen-bond donors (Lipinski definition) is 1. The molecule has 1 fully saturated rings. The number of benzene rings is 1. The number of rotatable bonds is 3. The van der Waals surface area contributed by atoms with E-state index >= 15 is 0 Å². The zero-order valence-electron chi connectivity index (χ0n) is 13.9. The van der Waals surface area contributed by atoms with Crippen LogP contribution in [0.15, 0.2) is 53.7 Å². The Kier molecular flexibility index (Phi) is 6.76. The fourth-order valence-electron chi connectivity index (χ4n) is 2.87. The Bertz CT molecular complexity index is 731. The molecule has 128 valence electrons. The monoisotopic (exact) mass is 345 g/mol. The minimum absolute atomic E-state index is 0. The standard InChI is InChI=1S/C19H23N3O.ClH/c1-15-5-7-16(8-6-15)14-22-13-3-2-4-18(22)21-19(23)17-9-11-20-12-10-17;/h2-8,13,17,20H,9-12,14H2,1H3;1H. The highest BCUT2D eigenvalue weighted by Gasteiger charge is 2.20. The number of hydrogen-bond acceptors (Lipinski definition) is 2. The first kappa shape index (κ1) is 18.4. The van der Waals surface area contributed by atoms with Gasteiger partial charge in [-0.1, -0.05) is 35.9 Å². The summed E-state index contributed by atoms with van der Waals surface area (Å²) in [5, 5.41) is 3.28. The Balaban J connectivity index is 0.00000208. The van der Waals surface area contributed by atoms with E-state index in [0.717, 1.165) is 38.0 Å². The largest absolute Gasteiger partial charge is 0.328 e. The van der Waals surface area contributed by atoms with Crippen molar-refractivity contribution in [3.63, 3.8) is 0 Å². The van der Waals surface area contributed by atoms with E-state index in [-0.39, 0.29) is 24.2 Å². The SMILES string of the molecule is Cc1ccc(Cn2ccccc2=NC(=O)C2CCNCC2)cc1.Cl. The topological polar surface area (TPSA) is 46.4 Å². The number of nitrogens with one attached hydrogen (secondary N) is 1. The van der Waals surface area contributed by atoms with Crippen molar-refractivity contribution in [3.8, 4) is 0 Å². The van der Waals surface area contributed by atoms with E-state index < -0.39 is 0 Å². The Labute approximate surface area is 149 Å². The molecule has 1 aromatic heterocycles. The van der Waals surface area contributed by atoms with Gasteiger partial charge in [-0.25, -0.2) is 0 Å². The van der Waals surface area contributed by atoms with Crippen LogP contribution in [0.25, 0.3) is 0 Å². The molecule has 5 heteroatoms. The van der Waals surface area contributed by atoms with Crippen molar-refractivity contribution in [3.05, 3.63) is 65.3 Å². The highest BCUT2D eigenvalue weighted by molar-refractivity contribution is 5.85. The summed E-state index contributed by atoms with van der Waals surface area (Å²) in [6.07, 6.45) is 3.74. The van der Waals surface area contributed by atoms with Gasteiger partial charge in [-0.15, -0.1) is 12.4 Å². The van der Waals surface area contributed by atoms with Gasteiger partial charge >= 0.3 is 0 Å². The predicted octanol–water partition coefficient (Wildman–Crippen LogP) is 2.69. The number of piperidine rings is 1. The lowest BCUT2D eigenvalue weighted by molar-refractivity contribution is -0.122. The molecule has 1 aliphatic heterocycles. The van der Waals surface area contributed by atoms with E-state index in [9.17, 15) is 4.79 Å². The van der Waals surface area contributed by atoms with Crippen LogP contribution in [0.2, 0.25) is 0 Å². The average Bonchev–Trinajstić information content (AvgIpc) is 2.59. The lowest BCUT2D eigenvalue weighted by Gasteiger charge is -2.19. The Morgan fingerprint density at radius 2 is 1.88 bits per heavy atom. The van der Waals surface area contributed by atoms with E-state index in [0.29, 0.717) is 0 Å². The Morgan fingerprint density at radius 3 is 2.58 bits per heavy atom. The van der Waals surface area contributed by atoms with E-state index in [4.69, 9.17) is 0 Å². The number of amides is 1. The van der Waals surface area contributed by atoms with Crippen molar-refractivity contribution >= 4 is 18.3 Å². The molecule has 4 nitrogen and oxygen atoms in total.